The maximum Gasteiger partial charge on any atom is 0.340 e. The number of ether oxygens (including phenoxy) is 1. The zero-order valence-corrected chi connectivity index (χ0v) is 14.2. The summed E-state index contributed by atoms with van der Waals surface area (Å²) in [4.78, 5) is 25.9. The van der Waals surface area contributed by atoms with E-state index in [1.165, 1.54) is 0 Å². The Kier molecular flexibility index (Phi) is 5.58. The van der Waals surface area contributed by atoms with Crippen molar-refractivity contribution in [1.29, 1.82) is 0 Å². The molecule has 0 radical (unpaired) electrons. The lowest BCUT2D eigenvalue weighted by atomic mass is 10.1. The van der Waals surface area contributed by atoms with Crippen LogP contribution in [0.5, 0.6) is 0 Å². The molecule has 0 unspecified atom stereocenters. The molecular weight excluding hydrogens is 304 g/mol. The normalized spacial score (nSPS) is 11.6. The first-order chi connectivity index (χ1) is 11.4. The van der Waals surface area contributed by atoms with E-state index >= 15 is 0 Å². The third-order valence-electron chi connectivity index (χ3n) is 4.13. The Balaban J connectivity index is 1.97. The van der Waals surface area contributed by atoms with E-state index in [2.05, 4.69) is 0 Å². The molecule has 1 atom stereocenters. The van der Waals surface area contributed by atoms with Gasteiger partial charge >= 0.3 is 5.97 Å². The van der Waals surface area contributed by atoms with Crippen molar-refractivity contribution in [3.05, 3.63) is 65.2 Å². The van der Waals surface area contributed by atoms with Crippen LogP contribution >= 0.6 is 0 Å². The maximum absolute atomic E-state index is 12.3. The highest BCUT2D eigenvalue weighted by Gasteiger charge is 2.20. The second kappa shape index (κ2) is 7.64. The van der Waals surface area contributed by atoms with Crippen LogP contribution in [0.2, 0.25) is 0 Å². The average Bonchev–Trinajstić information content (AvgIpc) is 2.61. The van der Waals surface area contributed by atoms with Crippen LogP contribution in [0.4, 0.5) is 5.69 Å². The second-order valence-corrected chi connectivity index (χ2v) is 5.70. The molecule has 1 amide bonds. The molecule has 0 aliphatic heterocycles. The Morgan fingerprint density at radius 1 is 1.12 bits per heavy atom. The maximum atomic E-state index is 12.3. The third-order valence-corrected chi connectivity index (χ3v) is 4.13. The van der Waals surface area contributed by atoms with Crippen molar-refractivity contribution in [1.82, 2.24) is 4.90 Å². The number of carbonyl (C=O) groups is 2. The van der Waals surface area contributed by atoms with E-state index in [1.807, 2.05) is 50.2 Å². The van der Waals surface area contributed by atoms with Crippen molar-refractivity contribution in [3.8, 4) is 0 Å². The first kappa shape index (κ1) is 17.5. The summed E-state index contributed by atoms with van der Waals surface area (Å²) < 4.78 is 5.12. The highest BCUT2D eigenvalue weighted by atomic mass is 16.5. The second-order valence-electron chi connectivity index (χ2n) is 5.70. The van der Waals surface area contributed by atoms with E-state index in [0.29, 0.717) is 5.69 Å². The van der Waals surface area contributed by atoms with Crippen LogP contribution < -0.4 is 5.73 Å². The zero-order valence-electron chi connectivity index (χ0n) is 14.2. The predicted molar refractivity (Wildman–Crippen MR) is 93.5 cm³/mol. The Morgan fingerprint density at radius 2 is 1.79 bits per heavy atom. The number of amides is 1. The van der Waals surface area contributed by atoms with Gasteiger partial charge in [0.25, 0.3) is 5.91 Å². The first-order valence-electron chi connectivity index (χ1n) is 7.74. The summed E-state index contributed by atoms with van der Waals surface area (Å²) in [6, 6.07) is 14.7. The number of nitrogen functional groups attached to an aromatic ring is 1. The van der Waals surface area contributed by atoms with Crippen molar-refractivity contribution in [2.75, 3.05) is 19.4 Å². The van der Waals surface area contributed by atoms with Gasteiger partial charge in [0, 0.05) is 12.7 Å². The molecule has 2 N–H and O–H groups in total. The fourth-order valence-corrected chi connectivity index (χ4v) is 2.34. The lowest BCUT2D eigenvalue weighted by Gasteiger charge is -2.25. The third kappa shape index (κ3) is 3.93. The van der Waals surface area contributed by atoms with Crippen LogP contribution in [0.15, 0.2) is 48.5 Å². The number of nitrogens with zero attached hydrogens (tertiary/aromatic N) is 1. The number of likely N-dealkylation sites (N-methyl/N-ethyl adjacent to an activating group) is 1. The fraction of sp³-hybridized carbons (Fsp3) is 0.263. The number of para-hydroxylation sites is 1. The van der Waals surface area contributed by atoms with Crippen molar-refractivity contribution in [2.45, 2.75) is 19.9 Å². The summed E-state index contributed by atoms with van der Waals surface area (Å²) in [7, 11) is 1.69. The molecule has 5 nitrogen and oxygen atoms in total. The lowest BCUT2D eigenvalue weighted by molar-refractivity contribution is -0.135. The molecule has 126 valence electrons. The van der Waals surface area contributed by atoms with E-state index in [-0.39, 0.29) is 24.1 Å². The number of hydrogen-bond donors (Lipinski definition) is 1. The van der Waals surface area contributed by atoms with Gasteiger partial charge in [-0.25, -0.2) is 4.79 Å². The monoisotopic (exact) mass is 326 g/mol. The van der Waals surface area contributed by atoms with Gasteiger partial charge in [-0.3, -0.25) is 4.79 Å². The molecular formula is C19H22N2O3. The molecule has 0 bridgehead atoms. The van der Waals surface area contributed by atoms with Gasteiger partial charge in [0.1, 0.15) is 0 Å². The van der Waals surface area contributed by atoms with Crippen LogP contribution in [0.1, 0.15) is 34.5 Å². The van der Waals surface area contributed by atoms with Crippen LogP contribution in [0.3, 0.4) is 0 Å². The molecule has 0 heterocycles. The number of aryl methyl sites for hydroxylation is 1. The van der Waals surface area contributed by atoms with Gasteiger partial charge in [0.15, 0.2) is 6.61 Å². The largest absolute Gasteiger partial charge is 0.452 e. The van der Waals surface area contributed by atoms with Gasteiger partial charge in [-0.2, -0.15) is 0 Å². The molecule has 0 spiro atoms. The highest BCUT2D eigenvalue weighted by molar-refractivity contribution is 5.96. The summed E-state index contributed by atoms with van der Waals surface area (Å²) in [5.74, 6) is -0.865. The first-order valence-corrected chi connectivity index (χ1v) is 7.74. The quantitative estimate of drug-likeness (QED) is 0.677. The number of benzene rings is 2. The number of carbonyl (C=O) groups excluding carboxylic acids is 2. The molecule has 0 saturated carbocycles. The van der Waals surface area contributed by atoms with E-state index in [1.54, 1.807) is 24.1 Å². The standard InChI is InChI=1S/C19H22N2O3/c1-13-8-7-11-16(18(13)20)19(23)24-12-17(22)21(3)14(2)15-9-5-4-6-10-15/h4-11,14H,12,20H2,1-3H3/t14-/m0/s1. The van der Waals surface area contributed by atoms with E-state index < -0.39 is 5.97 Å². The van der Waals surface area contributed by atoms with Gasteiger partial charge in [0.05, 0.1) is 11.6 Å². The van der Waals surface area contributed by atoms with Crippen LogP contribution in [-0.2, 0) is 9.53 Å². The van der Waals surface area contributed by atoms with Crippen molar-refractivity contribution in [2.24, 2.45) is 0 Å². The molecule has 0 aliphatic rings. The molecule has 0 aromatic heterocycles. The minimum atomic E-state index is -0.592. The summed E-state index contributed by atoms with van der Waals surface area (Å²) in [5.41, 5.74) is 8.35. The molecule has 2 aromatic carbocycles. The Bertz CT molecular complexity index is 729. The Labute approximate surface area is 142 Å². The van der Waals surface area contributed by atoms with Crippen molar-refractivity contribution >= 4 is 17.6 Å². The molecule has 5 heteroatoms. The smallest absolute Gasteiger partial charge is 0.340 e. The Morgan fingerprint density at radius 3 is 2.46 bits per heavy atom. The van der Waals surface area contributed by atoms with Gasteiger partial charge < -0.3 is 15.4 Å². The fourth-order valence-electron chi connectivity index (χ4n) is 2.34. The molecule has 2 rings (SSSR count). The van der Waals surface area contributed by atoms with Gasteiger partial charge in [-0.1, -0.05) is 42.5 Å². The average molecular weight is 326 g/mol. The van der Waals surface area contributed by atoms with E-state index in [4.69, 9.17) is 10.5 Å². The number of anilines is 1. The molecule has 0 saturated heterocycles. The summed E-state index contributed by atoms with van der Waals surface area (Å²) in [5, 5.41) is 0. The summed E-state index contributed by atoms with van der Waals surface area (Å²) in [6.07, 6.45) is 0. The highest BCUT2D eigenvalue weighted by Crippen LogP contribution is 2.19. The predicted octanol–water partition coefficient (Wildman–Crippen LogP) is 2.95. The van der Waals surface area contributed by atoms with E-state index in [9.17, 15) is 9.59 Å². The topological polar surface area (TPSA) is 72.6 Å². The number of hydrogen-bond acceptors (Lipinski definition) is 4. The summed E-state index contributed by atoms with van der Waals surface area (Å²) >= 11 is 0. The van der Waals surface area contributed by atoms with E-state index in [0.717, 1.165) is 11.1 Å². The minimum absolute atomic E-state index is 0.110. The number of esters is 1. The number of rotatable bonds is 5. The van der Waals surface area contributed by atoms with Gasteiger partial charge in [-0.05, 0) is 31.0 Å². The van der Waals surface area contributed by atoms with Crippen molar-refractivity contribution < 1.29 is 14.3 Å². The zero-order chi connectivity index (χ0) is 17.7. The SMILES string of the molecule is Cc1cccc(C(=O)OCC(=O)N(C)[C@@H](C)c2ccccc2)c1N. The summed E-state index contributed by atoms with van der Waals surface area (Å²) in [6.45, 7) is 3.42. The molecule has 2 aromatic rings. The minimum Gasteiger partial charge on any atom is -0.452 e. The van der Waals surface area contributed by atoms with Crippen LogP contribution in [0, 0.1) is 6.92 Å². The van der Waals surface area contributed by atoms with Gasteiger partial charge in [0.2, 0.25) is 0 Å². The van der Waals surface area contributed by atoms with Crippen LogP contribution in [0.25, 0.3) is 0 Å². The van der Waals surface area contributed by atoms with Crippen LogP contribution in [-0.4, -0.2) is 30.4 Å². The lowest BCUT2D eigenvalue weighted by Crippen LogP contribution is -2.33. The van der Waals surface area contributed by atoms with Crippen molar-refractivity contribution in [3.63, 3.8) is 0 Å². The molecule has 0 aliphatic carbocycles. The number of nitrogens with two attached hydrogens (primary N) is 1. The Hall–Kier alpha value is -2.82. The molecule has 0 fully saturated rings. The van der Waals surface area contributed by atoms with Gasteiger partial charge in [-0.15, -0.1) is 0 Å². The molecule has 24 heavy (non-hydrogen) atoms.